The van der Waals surface area contributed by atoms with Crippen molar-refractivity contribution in [1.82, 2.24) is 15.1 Å². The lowest BCUT2D eigenvalue weighted by Crippen LogP contribution is -2.52. The van der Waals surface area contributed by atoms with Gasteiger partial charge in [0.15, 0.2) is 0 Å². The van der Waals surface area contributed by atoms with Crippen LogP contribution in [0.5, 0.6) is 0 Å². The van der Waals surface area contributed by atoms with Gasteiger partial charge in [-0.3, -0.25) is 19.2 Å². The highest BCUT2D eigenvalue weighted by atomic mass is 16.3. The van der Waals surface area contributed by atoms with Crippen LogP contribution in [0.15, 0.2) is 24.3 Å². The zero-order chi connectivity index (χ0) is 25.9. The Hall–Kier alpha value is -3.45. The first-order valence-electron chi connectivity index (χ1n) is 11.8. The van der Waals surface area contributed by atoms with Gasteiger partial charge < -0.3 is 25.5 Å². The first-order chi connectivity index (χ1) is 16.5. The minimum atomic E-state index is -1.02. The summed E-state index contributed by atoms with van der Waals surface area (Å²) in [6, 6.07) is 7.22. The van der Waals surface area contributed by atoms with E-state index in [9.17, 15) is 24.4 Å². The Kier molecular flexibility index (Phi) is 7.80. The number of para-hydroxylation sites is 1. The molecule has 1 aromatic rings. The third kappa shape index (κ3) is 5.15. The second-order valence-corrected chi connectivity index (χ2v) is 9.87. The summed E-state index contributed by atoms with van der Waals surface area (Å²) in [5, 5.41) is 24.4. The second kappa shape index (κ2) is 10.4. The van der Waals surface area contributed by atoms with Gasteiger partial charge in [0.25, 0.3) is 0 Å². The number of carbonyl (C=O) groups is 4. The Morgan fingerprint density at radius 3 is 2.63 bits per heavy atom. The molecule has 0 radical (unpaired) electrons. The van der Waals surface area contributed by atoms with Crippen LogP contribution in [-0.4, -0.2) is 76.9 Å². The summed E-state index contributed by atoms with van der Waals surface area (Å²) in [6.07, 6.45) is 0.0376. The van der Waals surface area contributed by atoms with E-state index >= 15 is 0 Å². The van der Waals surface area contributed by atoms with E-state index in [1.165, 1.54) is 16.8 Å². The first-order valence-corrected chi connectivity index (χ1v) is 11.8. The lowest BCUT2D eigenvalue weighted by Gasteiger charge is -2.33. The molecule has 3 rings (SSSR count). The number of nitrogens with one attached hydrogen (secondary N) is 2. The first kappa shape index (κ1) is 26.2. The molecule has 0 aromatic heterocycles. The number of fused-ring (bicyclic) bond motifs is 2. The maximum atomic E-state index is 13.8. The van der Waals surface area contributed by atoms with Gasteiger partial charge in [-0.1, -0.05) is 32.0 Å². The van der Waals surface area contributed by atoms with E-state index < -0.39 is 47.7 Å². The van der Waals surface area contributed by atoms with Crippen molar-refractivity contribution >= 4 is 29.3 Å². The second-order valence-electron chi connectivity index (χ2n) is 9.87. The topological polar surface area (TPSA) is 143 Å². The summed E-state index contributed by atoms with van der Waals surface area (Å²) in [7, 11) is 1.47. The molecule has 1 fully saturated rings. The molecule has 0 aliphatic carbocycles. The van der Waals surface area contributed by atoms with Gasteiger partial charge in [0.2, 0.25) is 23.6 Å². The lowest BCUT2D eigenvalue weighted by atomic mass is 9.80. The fourth-order valence-electron chi connectivity index (χ4n) is 4.86. The number of nitriles is 1. The molecule has 3 N–H and O–H groups in total. The van der Waals surface area contributed by atoms with Crippen molar-refractivity contribution in [3.8, 4) is 6.07 Å². The van der Waals surface area contributed by atoms with Crippen molar-refractivity contribution in [3.05, 3.63) is 29.8 Å². The molecular formula is C25H33N5O5. The number of benzene rings is 1. The minimum absolute atomic E-state index is 0.0397. The van der Waals surface area contributed by atoms with Crippen LogP contribution < -0.4 is 10.6 Å². The smallest absolute Gasteiger partial charge is 0.246 e. The molecule has 2 aliphatic heterocycles. The normalized spacial score (nSPS) is 22.4. The number of likely N-dealkylation sites (tertiary alicyclic amines) is 1. The molecule has 0 unspecified atom stereocenters. The average Bonchev–Trinajstić information content (AvgIpc) is 3.34. The molecule has 1 aromatic carbocycles. The Bertz CT molecular complexity index is 1050. The number of hydrogen-bond donors (Lipinski definition) is 3. The van der Waals surface area contributed by atoms with Crippen molar-refractivity contribution in [2.24, 2.45) is 5.92 Å². The summed E-state index contributed by atoms with van der Waals surface area (Å²) in [6.45, 7) is 5.23. The molecule has 188 valence electrons. The number of nitrogens with zero attached hydrogens (tertiary/aromatic N) is 3. The highest BCUT2D eigenvalue weighted by Crippen LogP contribution is 2.46. The molecule has 4 atom stereocenters. The van der Waals surface area contributed by atoms with Crippen molar-refractivity contribution in [2.45, 2.75) is 63.6 Å². The molecule has 0 saturated carbocycles. The van der Waals surface area contributed by atoms with E-state index in [2.05, 4.69) is 16.7 Å². The van der Waals surface area contributed by atoms with E-state index in [4.69, 9.17) is 5.11 Å². The van der Waals surface area contributed by atoms with Crippen LogP contribution >= 0.6 is 0 Å². The molecular weight excluding hydrogens is 450 g/mol. The average molecular weight is 484 g/mol. The quantitative estimate of drug-likeness (QED) is 0.466. The highest BCUT2D eigenvalue weighted by molar-refractivity contribution is 6.07. The predicted octanol–water partition coefficient (Wildman–Crippen LogP) is 0.761. The summed E-state index contributed by atoms with van der Waals surface area (Å²) in [5.74, 6) is -1.70. The summed E-state index contributed by atoms with van der Waals surface area (Å²) >= 11 is 0. The predicted molar refractivity (Wildman–Crippen MR) is 128 cm³/mol. The molecule has 2 aliphatic rings. The van der Waals surface area contributed by atoms with Crippen molar-refractivity contribution < 1.29 is 24.3 Å². The molecule has 35 heavy (non-hydrogen) atoms. The SMILES string of the molecule is CC(C)C[C@@H](C(=O)N1C[C@]2(C[C@H]1C#N)C(=O)Nc1ccccc12)N(C)C(=O)CC(=O)N[C@@H](C)CO. The molecule has 2 heterocycles. The van der Waals surface area contributed by atoms with E-state index in [0.29, 0.717) is 12.1 Å². The fourth-order valence-corrected chi connectivity index (χ4v) is 4.86. The summed E-state index contributed by atoms with van der Waals surface area (Å²) < 4.78 is 0. The Morgan fingerprint density at radius 1 is 1.31 bits per heavy atom. The standard InChI is InChI=1S/C25H33N5O5/c1-15(2)9-20(29(4)22(33)10-21(32)27-16(3)13-31)23(34)30-14-25(11-17(30)12-26)18-7-5-6-8-19(18)28-24(25)35/h5-8,15-17,20,31H,9-11,13-14H2,1-4H3,(H,27,32)(H,28,35)/t16-,17-,20-,25-/m0/s1. The molecule has 0 bridgehead atoms. The minimum Gasteiger partial charge on any atom is -0.394 e. The number of amides is 4. The van der Waals surface area contributed by atoms with E-state index in [0.717, 1.165) is 5.56 Å². The van der Waals surface area contributed by atoms with E-state index in [-0.39, 0.29) is 31.4 Å². The van der Waals surface area contributed by atoms with Crippen molar-refractivity contribution in [1.29, 1.82) is 5.26 Å². The molecule has 4 amide bonds. The maximum absolute atomic E-state index is 13.8. The lowest BCUT2D eigenvalue weighted by molar-refractivity contribution is -0.147. The van der Waals surface area contributed by atoms with Crippen LogP contribution in [0, 0.1) is 17.2 Å². The number of anilines is 1. The summed E-state index contributed by atoms with van der Waals surface area (Å²) in [4.78, 5) is 54.5. The molecule has 1 saturated heterocycles. The van der Waals surface area contributed by atoms with Crippen molar-refractivity contribution in [3.63, 3.8) is 0 Å². The third-order valence-corrected chi connectivity index (χ3v) is 6.75. The van der Waals surface area contributed by atoms with Gasteiger partial charge in [-0.05, 0) is 30.9 Å². The van der Waals surface area contributed by atoms with Crippen LogP contribution in [0.4, 0.5) is 5.69 Å². The van der Waals surface area contributed by atoms with E-state index in [1.54, 1.807) is 13.0 Å². The molecule has 10 nitrogen and oxygen atoms in total. The fraction of sp³-hybridized carbons (Fsp3) is 0.560. The number of hydrogen-bond acceptors (Lipinski definition) is 6. The Morgan fingerprint density at radius 2 is 2.00 bits per heavy atom. The van der Waals surface area contributed by atoms with Crippen LogP contribution in [0.2, 0.25) is 0 Å². The Balaban J connectivity index is 1.84. The zero-order valence-electron chi connectivity index (χ0n) is 20.6. The van der Waals surface area contributed by atoms with Crippen LogP contribution in [0.25, 0.3) is 0 Å². The maximum Gasteiger partial charge on any atom is 0.246 e. The van der Waals surface area contributed by atoms with Gasteiger partial charge in [0.1, 0.15) is 18.5 Å². The van der Waals surface area contributed by atoms with Crippen LogP contribution in [0.3, 0.4) is 0 Å². The number of aliphatic hydroxyl groups is 1. The highest BCUT2D eigenvalue weighted by Gasteiger charge is 2.56. The number of carbonyl (C=O) groups excluding carboxylic acids is 4. The van der Waals surface area contributed by atoms with Gasteiger partial charge in [0, 0.05) is 31.7 Å². The van der Waals surface area contributed by atoms with Gasteiger partial charge in [-0.2, -0.15) is 5.26 Å². The van der Waals surface area contributed by atoms with Crippen LogP contribution in [0.1, 0.15) is 45.6 Å². The van der Waals surface area contributed by atoms with Gasteiger partial charge in [-0.15, -0.1) is 0 Å². The van der Waals surface area contributed by atoms with Gasteiger partial charge in [-0.25, -0.2) is 0 Å². The van der Waals surface area contributed by atoms with E-state index in [1.807, 2.05) is 32.0 Å². The monoisotopic (exact) mass is 483 g/mol. The number of rotatable bonds is 8. The zero-order valence-corrected chi connectivity index (χ0v) is 20.6. The molecule has 10 heteroatoms. The van der Waals surface area contributed by atoms with Gasteiger partial charge in [0.05, 0.1) is 18.1 Å². The van der Waals surface area contributed by atoms with Crippen molar-refractivity contribution in [2.75, 3.05) is 25.5 Å². The number of likely N-dealkylation sites (N-methyl/N-ethyl adjacent to an activating group) is 1. The largest absolute Gasteiger partial charge is 0.394 e. The summed E-state index contributed by atoms with van der Waals surface area (Å²) in [5.41, 5.74) is 0.426. The van der Waals surface area contributed by atoms with Gasteiger partial charge >= 0.3 is 0 Å². The molecule has 1 spiro atoms. The number of aliphatic hydroxyl groups excluding tert-OH is 1. The van der Waals surface area contributed by atoms with Crippen LogP contribution in [-0.2, 0) is 24.6 Å². The third-order valence-electron chi connectivity index (χ3n) is 6.75. The Labute approximate surface area is 205 Å².